The van der Waals surface area contributed by atoms with Gasteiger partial charge < -0.3 is 9.80 Å². The number of unbranched alkanes of at least 4 members (excludes halogenated alkanes) is 5. The average molecular weight is 252 g/mol. The number of amides is 2. The van der Waals surface area contributed by atoms with E-state index >= 15 is 0 Å². The number of nitrogens with zero attached hydrogens (tertiary/aromatic N) is 2. The van der Waals surface area contributed by atoms with Gasteiger partial charge in [-0.3, -0.25) is 9.59 Å². The predicted molar refractivity (Wildman–Crippen MR) is 70.1 cm³/mol. The van der Waals surface area contributed by atoms with Crippen molar-refractivity contribution in [3.8, 4) is 0 Å². The number of hydrogen-bond donors (Lipinski definition) is 0. The minimum Gasteiger partial charge on any atom is -0.339 e. The molecular formula is C14H24N2O2. The Morgan fingerprint density at radius 2 is 0.944 bits per heavy atom. The quantitative estimate of drug-likeness (QED) is 0.463. The second-order valence-corrected chi connectivity index (χ2v) is 5.38. The molecule has 0 N–H and O–H groups in total. The molecule has 0 aromatic heterocycles. The minimum atomic E-state index is 0.332. The molecule has 0 aromatic rings. The molecule has 0 saturated carbocycles. The molecule has 2 rings (SSSR count). The summed E-state index contributed by atoms with van der Waals surface area (Å²) < 4.78 is 0. The van der Waals surface area contributed by atoms with Gasteiger partial charge in [0.2, 0.25) is 11.8 Å². The molecule has 2 aliphatic heterocycles. The van der Waals surface area contributed by atoms with E-state index in [9.17, 15) is 9.59 Å². The van der Waals surface area contributed by atoms with Crippen LogP contribution in [0.5, 0.6) is 0 Å². The summed E-state index contributed by atoms with van der Waals surface area (Å²) in [7, 11) is 0. The molecular weight excluding hydrogens is 228 g/mol. The van der Waals surface area contributed by atoms with Crippen molar-refractivity contribution in [3.05, 3.63) is 0 Å². The van der Waals surface area contributed by atoms with Crippen LogP contribution in [0.1, 0.15) is 51.4 Å². The molecule has 4 heteroatoms. The molecule has 0 atom stereocenters. The van der Waals surface area contributed by atoms with Crippen LogP contribution in [0.15, 0.2) is 0 Å². The van der Waals surface area contributed by atoms with E-state index in [0.29, 0.717) is 11.8 Å². The fourth-order valence-electron chi connectivity index (χ4n) is 2.17. The Morgan fingerprint density at radius 3 is 1.28 bits per heavy atom. The highest BCUT2D eigenvalue weighted by atomic mass is 16.2. The SMILES string of the molecule is O=C(CCCCCCCCC(=O)N1CC1)N1CC1. The molecule has 2 saturated heterocycles. The lowest BCUT2D eigenvalue weighted by molar-refractivity contribution is -0.126. The topological polar surface area (TPSA) is 40.2 Å². The van der Waals surface area contributed by atoms with Crippen molar-refractivity contribution in [3.63, 3.8) is 0 Å². The van der Waals surface area contributed by atoms with Crippen molar-refractivity contribution in [2.24, 2.45) is 0 Å². The number of hydrogen-bond acceptors (Lipinski definition) is 2. The highest BCUT2D eigenvalue weighted by molar-refractivity contribution is 5.78. The lowest BCUT2D eigenvalue weighted by Gasteiger charge is -2.03. The van der Waals surface area contributed by atoms with E-state index in [1.165, 1.54) is 12.8 Å². The van der Waals surface area contributed by atoms with E-state index in [4.69, 9.17) is 0 Å². The van der Waals surface area contributed by atoms with Gasteiger partial charge in [0.05, 0.1) is 0 Å². The van der Waals surface area contributed by atoms with Crippen LogP contribution in [0, 0.1) is 0 Å². The van der Waals surface area contributed by atoms with Gasteiger partial charge >= 0.3 is 0 Å². The van der Waals surface area contributed by atoms with Gasteiger partial charge in [0.25, 0.3) is 0 Å². The van der Waals surface area contributed by atoms with E-state index in [1.54, 1.807) is 0 Å². The Bertz CT molecular complexity index is 266. The third-order valence-electron chi connectivity index (χ3n) is 3.63. The van der Waals surface area contributed by atoms with Crippen LogP contribution in [0.4, 0.5) is 0 Å². The Labute approximate surface area is 109 Å². The Kier molecular flexibility index (Phi) is 5.02. The van der Waals surface area contributed by atoms with Gasteiger partial charge in [-0.2, -0.15) is 0 Å². The largest absolute Gasteiger partial charge is 0.339 e. The highest BCUT2D eigenvalue weighted by Gasteiger charge is 2.23. The maximum atomic E-state index is 11.4. The van der Waals surface area contributed by atoms with E-state index < -0.39 is 0 Å². The third-order valence-corrected chi connectivity index (χ3v) is 3.63. The Balaban J connectivity index is 1.32. The fourth-order valence-corrected chi connectivity index (χ4v) is 2.17. The minimum absolute atomic E-state index is 0.332. The first-order chi connectivity index (χ1) is 8.77. The molecule has 18 heavy (non-hydrogen) atoms. The summed E-state index contributed by atoms with van der Waals surface area (Å²) in [5.74, 6) is 0.665. The van der Waals surface area contributed by atoms with Crippen molar-refractivity contribution in [2.75, 3.05) is 26.2 Å². The molecule has 0 bridgehead atoms. The van der Waals surface area contributed by atoms with Gasteiger partial charge in [-0.25, -0.2) is 0 Å². The van der Waals surface area contributed by atoms with E-state index in [1.807, 2.05) is 9.80 Å². The van der Waals surface area contributed by atoms with Crippen molar-refractivity contribution < 1.29 is 9.59 Å². The molecule has 0 aromatic carbocycles. The van der Waals surface area contributed by atoms with Crippen LogP contribution in [0.25, 0.3) is 0 Å². The molecule has 2 aliphatic rings. The summed E-state index contributed by atoms with van der Waals surface area (Å²) in [5.41, 5.74) is 0. The molecule has 102 valence electrons. The summed E-state index contributed by atoms with van der Waals surface area (Å²) in [6.45, 7) is 3.90. The zero-order valence-electron chi connectivity index (χ0n) is 11.2. The van der Waals surface area contributed by atoms with E-state index in [-0.39, 0.29) is 0 Å². The van der Waals surface area contributed by atoms with Crippen molar-refractivity contribution in [2.45, 2.75) is 51.4 Å². The average Bonchev–Trinajstić information content (AvgIpc) is 3.21. The van der Waals surface area contributed by atoms with Gasteiger partial charge in [0.1, 0.15) is 0 Å². The summed E-state index contributed by atoms with van der Waals surface area (Å²) in [4.78, 5) is 26.5. The maximum Gasteiger partial charge on any atom is 0.222 e. The molecule has 2 amide bonds. The van der Waals surface area contributed by atoms with Crippen molar-refractivity contribution >= 4 is 11.8 Å². The smallest absolute Gasteiger partial charge is 0.222 e. The molecule has 0 spiro atoms. The Morgan fingerprint density at radius 1 is 0.611 bits per heavy atom. The molecule has 0 unspecified atom stereocenters. The zero-order valence-corrected chi connectivity index (χ0v) is 11.2. The van der Waals surface area contributed by atoms with Crippen LogP contribution in [0.3, 0.4) is 0 Å². The zero-order chi connectivity index (χ0) is 12.8. The molecule has 2 fully saturated rings. The Hall–Kier alpha value is -1.06. The van der Waals surface area contributed by atoms with Gasteiger partial charge in [-0.05, 0) is 12.8 Å². The normalized spacial score (nSPS) is 16.9. The second kappa shape index (κ2) is 6.76. The molecule has 0 radical (unpaired) electrons. The van der Waals surface area contributed by atoms with Gasteiger partial charge in [0.15, 0.2) is 0 Å². The van der Waals surface area contributed by atoms with Crippen LogP contribution < -0.4 is 0 Å². The molecule has 0 aliphatic carbocycles. The van der Waals surface area contributed by atoms with Crippen LogP contribution in [-0.2, 0) is 9.59 Å². The summed E-state index contributed by atoms with van der Waals surface area (Å²) in [6.07, 6.45) is 8.22. The first-order valence-corrected chi connectivity index (χ1v) is 7.33. The maximum absolute atomic E-state index is 11.4. The predicted octanol–water partition coefficient (Wildman–Crippen LogP) is 1.79. The fraction of sp³-hybridized carbons (Fsp3) is 0.857. The molecule has 2 heterocycles. The number of rotatable bonds is 9. The second-order valence-electron chi connectivity index (χ2n) is 5.38. The lowest BCUT2D eigenvalue weighted by Crippen LogP contribution is -2.09. The summed E-state index contributed by atoms with van der Waals surface area (Å²) >= 11 is 0. The third kappa shape index (κ3) is 5.07. The van der Waals surface area contributed by atoms with Crippen molar-refractivity contribution in [1.82, 2.24) is 9.80 Å². The van der Waals surface area contributed by atoms with E-state index in [2.05, 4.69) is 0 Å². The van der Waals surface area contributed by atoms with Crippen LogP contribution >= 0.6 is 0 Å². The standard InChI is InChI=1S/C14H24N2O2/c17-13(15-9-10-15)7-5-3-1-2-4-6-8-14(18)16-11-12-16/h1-12H2. The number of carbonyl (C=O) groups is 2. The number of carbonyl (C=O) groups excluding carboxylic acids is 2. The summed E-state index contributed by atoms with van der Waals surface area (Å²) in [5, 5.41) is 0. The monoisotopic (exact) mass is 252 g/mol. The van der Waals surface area contributed by atoms with Crippen LogP contribution in [0.2, 0.25) is 0 Å². The van der Waals surface area contributed by atoms with E-state index in [0.717, 1.165) is 64.7 Å². The molecule has 4 nitrogen and oxygen atoms in total. The van der Waals surface area contributed by atoms with Gasteiger partial charge in [0, 0.05) is 39.0 Å². The van der Waals surface area contributed by atoms with Crippen molar-refractivity contribution in [1.29, 1.82) is 0 Å². The summed E-state index contributed by atoms with van der Waals surface area (Å²) in [6, 6.07) is 0. The van der Waals surface area contributed by atoms with Crippen LogP contribution in [-0.4, -0.2) is 47.8 Å². The van der Waals surface area contributed by atoms with Gasteiger partial charge in [-0.1, -0.05) is 25.7 Å². The lowest BCUT2D eigenvalue weighted by atomic mass is 10.1. The van der Waals surface area contributed by atoms with Gasteiger partial charge in [-0.15, -0.1) is 0 Å². The highest BCUT2D eigenvalue weighted by Crippen LogP contribution is 2.14. The first-order valence-electron chi connectivity index (χ1n) is 7.33. The first kappa shape index (κ1) is 13.4.